The lowest BCUT2D eigenvalue weighted by Crippen LogP contribution is -2.48. The Morgan fingerprint density at radius 1 is 1.07 bits per heavy atom. The lowest BCUT2D eigenvalue weighted by Gasteiger charge is -2.35. The summed E-state index contributed by atoms with van der Waals surface area (Å²) in [4.78, 5) is 2.01. The number of aromatic nitrogens is 5. The van der Waals surface area contributed by atoms with Gasteiger partial charge in [0.05, 0.1) is 10.9 Å². The van der Waals surface area contributed by atoms with Crippen LogP contribution in [0.1, 0.15) is 18.4 Å². The van der Waals surface area contributed by atoms with Crippen LogP contribution in [0.2, 0.25) is 0 Å². The third-order valence-electron chi connectivity index (χ3n) is 5.33. The molecule has 0 aliphatic carbocycles. The minimum Gasteiger partial charge on any atom is -0.354 e. The lowest BCUT2D eigenvalue weighted by molar-refractivity contribution is 0.525. The number of piperidine rings is 1. The van der Waals surface area contributed by atoms with Crippen LogP contribution in [0.4, 0.5) is 11.5 Å². The van der Waals surface area contributed by atoms with E-state index in [2.05, 4.69) is 20.6 Å². The van der Waals surface area contributed by atoms with Gasteiger partial charge >= 0.3 is 0 Å². The molecule has 0 N–H and O–H groups in total. The Balaban J connectivity index is 1.42. The van der Waals surface area contributed by atoms with Gasteiger partial charge in [0.25, 0.3) is 0 Å². The largest absolute Gasteiger partial charge is 0.354 e. The summed E-state index contributed by atoms with van der Waals surface area (Å²) in [7, 11) is -3.43. The van der Waals surface area contributed by atoms with Gasteiger partial charge in [0, 0.05) is 19.6 Å². The summed E-state index contributed by atoms with van der Waals surface area (Å²) < 4.78 is 29.6. The maximum atomic E-state index is 13.3. The molecule has 0 radical (unpaired) electrons. The SMILES string of the molecule is O=S(=O)(C1CCCN(c2ccc3nnnn3n2)C1)N1CCc2ccccc21. The Kier molecular flexibility index (Phi) is 3.74. The molecule has 1 saturated heterocycles. The maximum absolute atomic E-state index is 13.3. The zero-order chi connectivity index (χ0) is 18.4. The van der Waals surface area contributed by atoms with E-state index >= 15 is 0 Å². The average Bonchev–Trinajstić information content (AvgIpc) is 3.34. The number of benzene rings is 1. The molecule has 4 heterocycles. The number of sulfonamides is 1. The van der Waals surface area contributed by atoms with Crippen LogP contribution in [0.3, 0.4) is 0 Å². The van der Waals surface area contributed by atoms with E-state index in [1.165, 1.54) is 4.63 Å². The van der Waals surface area contributed by atoms with Crippen LogP contribution in [-0.2, 0) is 16.4 Å². The normalized spacial score (nSPS) is 20.2. The summed E-state index contributed by atoms with van der Waals surface area (Å²) in [5.74, 6) is 0.691. The van der Waals surface area contributed by atoms with Crippen LogP contribution in [0.5, 0.6) is 0 Å². The van der Waals surface area contributed by atoms with Crippen LogP contribution >= 0.6 is 0 Å². The van der Waals surface area contributed by atoms with Crippen LogP contribution in [0.25, 0.3) is 5.65 Å². The Morgan fingerprint density at radius 2 is 1.96 bits per heavy atom. The fraction of sp³-hybridized carbons (Fsp3) is 0.412. The van der Waals surface area contributed by atoms with Crippen molar-refractivity contribution in [2.75, 3.05) is 28.8 Å². The van der Waals surface area contributed by atoms with Crippen LogP contribution in [0.15, 0.2) is 36.4 Å². The molecule has 5 rings (SSSR count). The Bertz CT molecular complexity index is 1100. The molecule has 9 nitrogen and oxygen atoms in total. The number of anilines is 2. The molecular formula is C17H19N7O2S. The fourth-order valence-corrected chi connectivity index (χ4v) is 5.94. The molecule has 0 saturated carbocycles. The summed E-state index contributed by atoms with van der Waals surface area (Å²) in [5.41, 5.74) is 2.48. The van der Waals surface area contributed by atoms with Gasteiger partial charge in [-0.3, -0.25) is 4.31 Å². The topological polar surface area (TPSA) is 96.6 Å². The van der Waals surface area contributed by atoms with Gasteiger partial charge in [-0.25, -0.2) is 8.42 Å². The summed E-state index contributed by atoms with van der Waals surface area (Å²) in [6, 6.07) is 11.4. The van der Waals surface area contributed by atoms with Crippen molar-refractivity contribution < 1.29 is 8.42 Å². The number of hydrogen-bond acceptors (Lipinski definition) is 7. The molecule has 1 fully saturated rings. The van der Waals surface area contributed by atoms with E-state index in [9.17, 15) is 8.42 Å². The molecule has 1 atom stereocenters. The first-order valence-corrected chi connectivity index (χ1v) is 10.5. The van der Waals surface area contributed by atoms with Crippen LogP contribution in [-0.4, -0.2) is 58.6 Å². The van der Waals surface area contributed by atoms with E-state index in [1.807, 2.05) is 35.2 Å². The maximum Gasteiger partial charge on any atom is 0.239 e. The second kappa shape index (κ2) is 6.15. The van der Waals surface area contributed by atoms with Crippen molar-refractivity contribution in [1.82, 2.24) is 25.3 Å². The van der Waals surface area contributed by atoms with Crippen molar-refractivity contribution in [3.63, 3.8) is 0 Å². The molecule has 2 aliphatic rings. The van der Waals surface area contributed by atoms with E-state index in [1.54, 1.807) is 10.4 Å². The quantitative estimate of drug-likeness (QED) is 0.660. The van der Waals surface area contributed by atoms with Crippen molar-refractivity contribution in [2.24, 2.45) is 0 Å². The average molecular weight is 385 g/mol. The fourth-order valence-electron chi connectivity index (χ4n) is 3.95. The molecular weight excluding hydrogens is 366 g/mol. The standard InChI is InChI=1S/C17H19N7O2S/c25-27(26,23-11-9-13-4-1-2-6-15(13)23)14-5-3-10-22(12-14)17-8-7-16-18-20-21-24(16)19-17/h1-2,4,6-8,14H,3,5,9-12H2. The van der Waals surface area contributed by atoms with Gasteiger partial charge in [-0.1, -0.05) is 18.2 Å². The number of fused-ring (bicyclic) bond motifs is 2. The van der Waals surface area contributed by atoms with Crippen molar-refractivity contribution in [1.29, 1.82) is 0 Å². The highest BCUT2D eigenvalue weighted by Gasteiger charge is 2.38. The van der Waals surface area contributed by atoms with Gasteiger partial charge in [0.1, 0.15) is 0 Å². The number of nitrogens with zero attached hydrogens (tertiary/aromatic N) is 7. The molecule has 0 bridgehead atoms. The second-order valence-electron chi connectivity index (χ2n) is 6.92. The Hall–Kier alpha value is -2.75. The van der Waals surface area contributed by atoms with Crippen molar-refractivity contribution in [3.05, 3.63) is 42.0 Å². The predicted octanol–water partition coefficient (Wildman–Crippen LogP) is 0.881. The molecule has 1 aromatic carbocycles. The van der Waals surface area contributed by atoms with Crippen LogP contribution < -0.4 is 9.21 Å². The molecule has 3 aromatic rings. The van der Waals surface area contributed by atoms with E-state index in [4.69, 9.17) is 0 Å². The summed E-state index contributed by atoms with van der Waals surface area (Å²) in [5, 5.41) is 15.2. The molecule has 140 valence electrons. The number of para-hydroxylation sites is 1. The molecule has 27 heavy (non-hydrogen) atoms. The zero-order valence-electron chi connectivity index (χ0n) is 14.6. The zero-order valence-corrected chi connectivity index (χ0v) is 15.5. The minimum absolute atomic E-state index is 0.418. The molecule has 0 amide bonds. The van der Waals surface area contributed by atoms with Crippen LogP contribution in [0, 0.1) is 0 Å². The van der Waals surface area contributed by atoms with Gasteiger partial charge in [-0.05, 0) is 53.5 Å². The summed E-state index contributed by atoms with van der Waals surface area (Å²) in [6.07, 6.45) is 2.22. The lowest BCUT2D eigenvalue weighted by atomic mass is 10.1. The first-order valence-electron chi connectivity index (χ1n) is 9.03. The predicted molar refractivity (Wildman–Crippen MR) is 100 cm³/mol. The highest BCUT2D eigenvalue weighted by Crippen LogP contribution is 2.33. The highest BCUT2D eigenvalue weighted by molar-refractivity contribution is 7.93. The first kappa shape index (κ1) is 16.4. The second-order valence-corrected chi connectivity index (χ2v) is 9.06. The highest BCUT2D eigenvalue weighted by atomic mass is 32.2. The Labute approximate surface area is 156 Å². The van der Waals surface area contributed by atoms with Gasteiger partial charge in [0.15, 0.2) is 11.5 Å². The molecule has 2 aliphatic heterocycles. The molecule has 2 aromatic heterocycles. The number of hydrogen-bond donors (Lipinski definition) is 0. The molecule has 10 heteroatoms. The van der Waals surface area contributed by atoms with Gasteiger partial charge in [-0.2, -0.15) is 0 Å². The number of rotatable bonds is 3. The van der Waals surface area contributed by atoms with Gasteiger partial charge in [0.2, 0.25) is 10.0 Å². The van der Waals surface area contributed by atoms with Crippen molar-refractivity contribution in [2.45, 2.75) is 24.5 Å². The minimum atomic E-state index is -3.43. The Morgan fingerprint density at radius 3 is 2.89 bits per heavy atom. The monoisotopic (exact) mass is 385 g/mol. The third kappa shape index (κ3) is 2.71. The van der Waals surface area contributed by atoms with E-state index in [0.29, 0.717) is 31.0 Å². The summed E-state index contributed by atoms with van der Waals surface area (Å²) in [6.45, 7) is 1.71. The van der Waals surface area contributed by atoms with Crippen molar-refractivity contribution >= 4 is 27.2 Å². The third-order valence-corrected chi connectivity index (χ3v) is 7.55. The number of tetrazole rings is 1. The smallest absolute Gasteiger partial charge is 0.239 e. The van der Waals surface area contributed by atoms with E-state index in [0.717, 1.165) is 30.6 Å². The van der Waals surface area contributed by atoms with Gasteiger partial charge in [-0.15, -0.1) is 14.8 Å². The van der Waals surface area contributed by atoms with Gasteiger partial charge < -0.3 is 4.90 Å². The molecule has 1 unspecified atom stereocenters. The van der Waals surface area contributed by atoms with Crippen molar-refractivity contribution in [3.8, 4) is 0 Å². The summed E-state index contributed by atoms with van der Waals surface area (Å²) >= 11 is 0. The van der Waals surface area contributed by atoms with E-state index in [-0.39, 0.29) is 0 Å². The van der Waals surface area contributed by atoms with E-state index < -0.39 is 15.3 Å². The molecule has 0 spiro atoms. The first-order chi connectivity index (χ1) is 13.1.